The van der Waals surface area contributed by atoms with Crippen LogP contribution in [0.5, 0.6) is 0 Å². The Morgan fingerprint density at radius 3 is 2.47 bits per heavy atom. The van der Waals surface area contributed by atoms with E-state index in [2.05, 4.69) is 0 Å². The highest BCUT2D eigenvalue weighted by Crippen LogP contribution is 2.23. The lowest BCUT2D eigenvalue weighted by molar-refractivity contribution is 0.111. The number of hydrogen-bond acceptors (Lipinski definition) is 3. The van der Waals surface area contributed by atoms with Crippen molar-refractivity contribution in [2.45, 2.75) is 4.90 Å². The molecule has 0 fully saturated rings. The van der Waals surface area contributed by atoms with Crippen LogP contribution >= 0.6 is 11.6 Å². The van der Waals surface area contributed by atoms with Crippen molar-refractivity contribution in [1.82, 2.24) is 3.97 Å². The van der Waals surface area contributed by atoms with Crippen molar-refractivity contribution in [2.75, 3.05) is 0 Å². The van der Waals surface area contributed by atoms with Crippen molar-refractivity contribution in [3.63, 3.8) is 0 Å². The summed E-state index contributed by atoms with van der Waals surface area (Å²) < 4.78 is 25.3. The molecule has 0 unspecified atom stereocenters. The number of carbonyl (C=O) groups excluding carboxylic acids is 1. The summed E-state index contributed by atoms with van der Waals surface area (Å²) in [7, 11) is -3.82. The minimum atomic E-state index is -3.82. The zero-order valence-corrected chi connectivity index (χ0v) is 10.1. The summed E-state index contributed by atoms with van der Waals surface area (Å²) in [6, 6.07) is 8.99. The highest BCUT2D eigenvalue weighted by atomic mass is 35.5. The molecule has 17 heavy (non-hydrogen) atoms. The van der Waals surface area contributed by atoms with Gasteiger partial charge in [-0.1, -0.05) is 23.7 Å². The predicted octanol–water partition coefficient (Wildman–Crippen LogP) is 2.19. The predicted molar refractivity (Wildman–Crippen MR) is 63.9 cm³/mol. The Hall–Kier alpha value is -1.59. The molecule has 2 rings (SSSR count). The number of rotatable bonds is 3. The molecular weight excluding hydrogens is 262 g/mol. The fraction of sp³-hybridized carbons (Fsp3) is 0. The van der Waals surface area contributed by atoms with Crippen LogP contribution in [0.15, 0.2) is 47.5 Å². The Kier molecular flexibility index (Phi) is 3.04. The Labute approximate surface area is 103 Å². The molecule has 0 amide bonds. The molecule has 0 N–H and O–H groups in total. The van der Waals surface area contributed by atoms with Gasteiger partial charge in [-0.2, -0.15) is 0 Å². The monoisotopic (exact) mass is 269 g/mol. The molecule has 0 spiro atoms. The van der Waals surface area contributed by atoms with Gasteiger partial charge < -0.3 is 0 Å². The van der Waals surface area contributed by atoms with E-state index in [0.717, 1.165) is 3.97 Å². The largest absolute Gasteiger partial charge is 0.296 e. The summed E-state index contributed by atoms with van der Waals surface area (Å²) in [5.41, 5.74) is 0.0601. The van der Waals surface area contributed by atoms with E-state index in [-0.39, 0.29) is 15.6 Å². The van der Waals surface area contributed by atoms with Gasteiger partial charge in [0.15, 0.2) is 6.29 Å². The lowest BCUT2D eigenvalue weighted by Crippen LogP contribution is -2.14. The number of aromatic nitrogens is 1. The summed E-state index contributed by atoms with van der Waals surface area (Å²) >= 11 is 5.84. The van der Waals surface area contributed by atoms with Crippen molar-refractivity contribution in [2.24, 2.45) is 0 Å². The Bertz CT molecular complexity index is 661. The second-order valence-corrected chi connectivity index (χ2v) is 5.47. The maximum atomic E-state index is 12.2. The Balaban J connectivity index is 2.67. The molecule has 2 aromatic rings. The van der Waals surface area contributed by atoms with Crippen molar-refractivity contribution in [1.29, 1.82) is 0 Å². The number of benzene rings is 1. The molecule has 6 heteroatoms. The van der Waals surface area contributed by atoms with E-state index in [0.29, 0.717) is 6.29 Å². The topological polar surface area (TPSA) is 56.1 Å². The molecule has 0 saturated heterocycles. The smallest absolute Gasteiger partial charge is 0.269 e. The third kappa shape index (κ3) is 1.99. The zero-order chi connectivity index (χ0) is 12.5. The lowest BCUT2D eigenvalue weighted by Gasteiger charge is -2.08. The number of nitrogens with zero attached hydrogens (tertiary/aromatic N) is 1. The second-order valence-electron chi connectivity index (χ2n) is 3.28. The Morgan fingerprint density at radius 2 is 1.82 bits per heavy atom. The average Bonchev–Trinajstić information content (AvgIpc) is 2.78. The first-order valence-electron chi connectivity index (χ1n) is 4.70. The molecule has 0 aliphatic carbocycles. The maximum absolute atomic E-state index is 12.2. The van der Waals surface area contributed by atoms with E-state index in [1.807, 2.05) is 0 Å². The summed E-state index contributed by atoms with van der Waals surface area (Å²) in [5, 5.41) is 0.123. The molecule has 0 saturated carbocycles. The van der Waals surface area contributed by atoms with Gasteiger partial charge in [0.05, 0.1) is 10.7 Å². The van der Waals surface area contributed by atoms with Crippen molar-refractivity contribution in [3.05, 3.63) is 53.3 Å². The van der Waals surface area contributed by atoms with E-state index >= 15 is 0 Å². The first-order chi connectivity index (χ1) is 8.07. The number of aldehydes is 1. The van der Waals surface area contributed by atoms with Gasteiger partial charge in [0.2, 0.25) is 0 Å². The first kappa shape index (κ1) is 11.9. The molecular formula is C11H8ClNO3S. The highest BCUT2D eigenvalue weighted by molar-refractivity contribution is 7.90. The molecule has 0 bridgehead atoms. The number of hydrogen-bond donors (Lipinski definition) is 0. The molecule has 0 radical (unpaired) electrons. The molecule has 1 aromatic heterocycles. The SMILES string of the molecule is O=Cc1cccn1S(=O)(=O)c1ccccc1Cl. The van der Waals surface area contributed by atoms with Crippen LogP contribution < -0.4 is 0 Å². The van der Waals surface area contributed by atoms with E-state index < -0.39 is 10.0 Å². The van der Waals surface area contributed by atoms with Crippen LogP contribution in [0.4, 0.5) is 0 Å². The standard InChI is InChI=1S/C11H8ClNO3S/c12-10-5-1-2-6-11(10)17(15,16)13-7-3-4-9(13)8-14/h1-8H. The molecule has 1 aromatic carbocycles. The molecule has 4 nitrogen and oxygen atoms in total. The summed E-state index contributed by atoms with van der Waals surface area (Å²) in [6.07, 6.45) is 1.79. The van der Waals surface area contributed by atoms with Crippen LogP contribution in [0.1, 0.15) is 10.5 Å². The van der Waals surface area contributed by atoms with E-state index in [4.69, 9.17) is 11.6 Å². The van der Waals surface area contributed by atoms with Crippen LogP contribution in [0, 0.1) is 0 Å². The molecule has 1 heterocycles. The second kappa shape index (κ2) is 4.35. The summed E-state index contributed by atoms with van der Waals surface area (Å²) in [6.45, 7) is 0. The van der Waals surface area contributed by atoms with Gasteiger partial charge in [-0.25, -0.2) is 12.4 Å². The van der Waals surface area contributed by atoms with E-state index in [1.54, 1.807) is 12.1 Å². The van der Waals surface area contributed by atoms with Crippen molar-refractivity contribution >= 4 is 27.9 Å². The van der Waals surface area contributed by atoms with Gasteiger partial charge >= 0.3 is 0 Å². The van der Waals surface area contributed by atoms with Gasteiger partial charge in [-0.05, 0) is 24.3 Å². The van der Waals surface area contributed by atoms with Crippen LogP contribution in [0.3, 0.4) is 0 Å². The van der Waals surface area contributed by atoms with Crippen molar-refractivity contribution < 1.29 is 13.2 Å². The van der Waals surface area contributed by atoms with Gasteiger partial charge in [0.25, 0.3) is 10.0 Å². The third-order valence-electron chi connectivity index (χ3n) is 2.24. The Morgan fingerprint density at radius 1 is 1.12 bits per heavy atom. The third-order valence-corrected chi connectivity index (χ3v) is 4.44. The average molecular weight is 270 g/mol. The molecule has 0 aliphatic heterocycles. The van der Waals surface area contributed by atoms with Gasteiger partial charge in [-0.15, -0.1) is 0 Å². The fourth-order valence-electron chi connectivity index (χ4n) is 1.45. The fourth-order valence-corrected chi connectivity index (χ4v) is 3.27. The van der Waals surface area contributed by atoms with Crippen LogP contribution in [-0.2, 0) is 10.0 Å². The van der Waals surface area contributed by atoms with Gasteiger partial charge in [-0.3, -0.25) is 4.79 Å². The first-order valence-corrected chi connectivity index (χ1v) is 6.52. The quantitative estimate of drug-likeness (QED) is 0.803. The van der Waals surface area contributed by atoms with Gasteiger partial charge in [0, 0.05) is 6.20 Å². The molecule has 0 aliphatic rings. The van der Waals surface area contributed by atoms with Crippen LogP contribution in [0.2, 0.25) is 5.02 Å². The lowest BCUT2D eigenvalue weighted by atomic mass is 10.4. The molecule has 88 valence electrons. The highest BCUT2D eigenvalue weighted by Gasteiger charge is 2.21. The van der Waals surface area contributed by atoms with Crippen molar-refractivity contribution in [3.8, 4) is 0 Å². The minimum Gasteiger partial charge on any atom is -0.296 e. The summed E-state index contributed by atoms with van der Waals surface area (Å²) in [4.78, 5) is 10.7. The minimum absolute atomic E-state index is 0.0269. The number of carbonyl (C=O) groups is 1. The van der Waals surface area contributed by atoms with E-state index in [9.17, 15) is 13.2 Å². The van der Waals surface area contributed by atoms with Crippen LogP contribution in [-0.4, -0.2) is 18.7 Å². The van der Waals surface area contributed by atoms with Gasteiger partial charge in [0.1, 0.15) is 4.90 Å². The maximum Gasteiger partial charge on any atom is 0.269 e. The summed E-state index contributed by atoms with van der Waals surface area (Å²) in [5.74, 6) is 0. The zero-order valence-electron chi connectivity index (χ0n) is 8.58. The van der Waals surface area contributed by atoms with Crippen LogP contribution in [0.25, 0.3) is 0 Å². The molecule has 0 atom stereocenters. The normalized spacial score (nSPS) is 11.4. The van der Waals surface area contributed by atoms with E-state index in [1.165, 1.54) is 30.5 Å². The number of halogens is 1.